The highest BCUT2D eigenvalue weighted by Crippen LogP contribution is 2.33. The van der Waals surface area contributed by atoms with Gasteiger partial charge in [-0.25, -0.2) is 0 Å². The van der Waals surface area contributed by atoms with Gasteiger partial charge in [0.1, 0.15) is 5.75 Å². The number of hydrogen-bond donors (Lipinski definition) is 2. The number of aliphatic hydroxyl groups is 1. The molecule has 0 saturated heterocycles. The van der Waals surface area contributed by atoms with Crippen molar-refractivity contribution in [3.63, 3.8) is 0 Å². The summed E-state index contributed by atoms with van der Waals surface area (Å²) in [5, 5.41) is 9.57. The van der Waals surface area contributed by atoms with Gasteiger partial charge in [0.15, 0.2) is 0 Å². The Balaban J connectivity index is 2.08. The van der Waals surface area contributed by atoms with Gasteiger partial charge in [0, 0.05) is 6.04 Å². The van der Waals surface area contributed by atoms with Crippen LogP contribution in [0.4, 0.5) is 8.78 Å². The van der Waals surface area contributed by atoms with Gasteiger partial charge in [0.05, 0.1) is 6.10 Å². The summed E-state index contributed by atoms with van der Waals surface area (Å²) in [6.07, 6.45) is 1.67. The van der Waals surface area contributed by atoms with Gasteiger partial charge in [-0.05, 0) is 42.9 Å². The summed E-state index contributed by atoms with van der Waals surface area (Å²) in [5.74, 6) is 0.367. The van der Waals surface area contributed by atoms with Gasteiger partial charge in [0.2, 0.25) is 0 Å². The lowest BCUT2D eigenvalue weighted by Crippen LogP contribution is -2.39. The van der Waals surface area contributed by atoms with Crippen LogP contribution in [0.1, 0.15) is 30.7 Å². The average Bonchev–Trinajstić information content (AvgIpc) is 2.32. The van der Waals surface area contributed by atoms with E-state index in [1.807, 2.05) is 6.07 Å². The lowest BCUT2D eigenvalue weighted by molar-refractivity contribution is -0.0499. The molecule has 2 rings (SSSR count). The molecule has 0 heterocycles. The van der Waals surface area contributed by atoms with Crippen LogP contribution >= 0.6 is 0 Å². The van der Waals surface area contributed by atoms with Gasteiger partial charge in [-0.2, -0.15) is 8.78 Å². The van der Waals surface area contributed by atoms with Gasteiger partial charge in [-0.15, -0.1) is 0 Å². The second-order valence-corrected chi connectivity index (χ2v) is 4.69. The van der Waals surface area contributed by atoms with E-state index in [4.69, 9.17) is 5.73 Å². The first-order valence-corrected chi connectivity index (χ1v) is 6.04. The number of halogens is 2. The van der Waals surface area contributed by atoms with Crippen molar-refractivity contribution in [3.8, 4) is 5.75 Å². The Morgan fingerprint density at radius 2 is 2.11 bits per heavy atom. The minimum Gasteiger partial charge on any atom is -0.435 e. The van der Waals surface area contributed by atoms with Crippen LogP contribution in [0.3, 0.4) is 0 Å². The quantitative estimate of drug-likeness (QED) is 0.873. The molecular weight excluding hydrogens is 240 g/mol. The van der Waals surface area contributed by atoms with Crippen molar-refractivity contribution in [3.05, 3.63) is 29.8 Å². The van der Waals surface area contributed by atoms with Gasteiger partial charge in [-0.1, -0.05) is 12.1 Å². The topological polar surface area (TPSA) is 55.5 Å². The third-order valence-corrected chi connectivity index (χ3v) is 3.42. The van der Waals surface area contributed by atoms with Gasteiger partial charge in [-0.3, -0.25) is 0 Å². The monoisotopic (exact) mass is 257 g/mol. The second kappa shape index (κ2) is 5.63. The van der Waals surface area contributed by atoms with Crippen LogP contribution in [-0.4, -0.2) is 23.9 Å². The Labute approximate surface area is 105 Å². The van der Waals surface area contributed by atoms with Crippen molar-refractivity contribution in [2.45, 2.75) is 43.9 Å². The molecule has 1 fully saturated rings. The van der Waals surface area contributed by atoms with Crippen molar-refractivity contribution in [1.82, 2.24) is 0 Å². The first-order valence-electron chi connectivity index (χ1n) is 6.04. The zero-order valence-corrected chi connectivity index (χ0v) is 9.93. The number of nitrogens with two attached hydrogens (primary N) is 1. The minimum atomic E-state index is -2.81. The third-order valence-electron chi connectivity index (χ3n) is 3.42. The fourth-order valence-corrected chi connectivity index (χ4v) is 2.44. The highest BCUT2D eigenvalue weighted by molar-refractivity contribution is 5.31. The molecule has 0 unspecified atom stereocenters. The number of alkyl halides is 2. The maximum absolute atomic E-state index is 12.1. The van der Waals surface area contributed by atoms with Crippen LogP contribution in [0.5, 0.6) is 5.75 Å². The number of benzene rings is 1. The van der Waals surface area contributed by atoms with E-state index in [9.17, 15) is 13.9 Å². The molecular formula is C13H17F2NO2. The Bertz CT molecular complexity index is 400. The molecule has 1 aromatic rings. The third kappa shape index (κ3) is 3.17. The summed E-state index contributed by atoms with van der Waals surface area (Å²) >= 11 is 0. The molecule has 1 aliphatic carbocycles. The van der Waals surface area contributed by atoms with Gasteiger partial charge >= 0.3 is 6.61 Å². The molecule has 1 aliphatic rings. The Morgan fingerprint density at radius 3 is 2.78 bits per heavy atom. The predicted molar refractivity (Wildman–Crippen MR) is 63.6 cm³/mol. The summed E-state index contributed by atoms with van der Waals surface area (Å²) in [6.45, 7) is -2.81. The van der Waals surface area contributed by atoms with E-state index in [-0.39, 0.29) is 17.7 Å². The molecule has 0 spiro atoms. The lowest BCUT2D eigenvalue weighted by atomic mass is 9.80. The van der Waals surface area contributed by atoms with Crippen molar-refractivity contribution < 1.29 is 18.6 Å². The number of hydrogen-bond acceptors (Lipinski definition) is 3. The van der Waals surface area contributed by atoms with Crippen molar-refractivity contribution in [2.24, 2.45) is 5.73 Å². The van der Waals surface area contributed by atoms with Gasteiger partial charge < -0.3 is 15.6 Å². The van der Waals surface area contributed by atoms with Gasteiger partial charge in [0.25, 0.3) is 0 Å². The standard InChI is InChI=1S/C13H17F2NO2/c14-13(15)18-10-3-1-2-8(6-10)9-4-5-12(17)11(16)7-9/h1-3,6,9,11-13,17H,4-5,7,16H2/t9-,11-,12-/m0/s1. The summed E-state index contributed by atoms with van der Waals surface area (Å²) in [5.41, 5.74) is 6.76. The van der Waals surface area contributed by atoms with Crippen molar-refractivity contribution in [2.75, 3.05) is 0 Å². The van der Waals surface area contributed by atoms with Crippen LogP contribution in [-0.2, 0) is 0 Å². The van der Waals surface area contributed by atoms with Crippen LogP contribution in [0.25, 0.3) is 0 Å². The maximum atomic E-state index is 12.1. The van der Waals surface area contributed by atoms with Crippen LogP contribution < -0.4 is 10.5 Å². The molecule has 18 heavy (non-hydrogen) atoms. The second-order valence-electron chi connectivity index (χ2n) is 4.69. The molecule has 3 N–H and O–H groups in total. The molecule has 0 aliphatic heterocycles. The predicted octanol–water partition coefficient (Wildman–Crippen LogP) is 2.24. The van der Waals surface area contributed by atoms with Crippen LogP contribution in [0.15, 0.2) is 24.3 Å². The Morgan fingerprint density at radius 1 is 1.33 bits per heavy atom. The molecule has 0 radical (unpaired) electrons. The molecule has 0 aromatic heterocycles. The molecule has 0 bridgehead atoms. The highest BCUT2D eigenvalue weighted by Gasteiger charge is 2.27. The summed E-state index contributed by atoms with van der Waals surface area (Å²) < 4.78 is 28.6. The fraction of sp³-hybridized carbons (Fsp3) is 0.538. The normalized spacial score (nSPS) is 28.4. The summed E-state index contributed by atoms with van der Waals surface area (Å²) in [6, 6.07) is 6.47. The van der Waals surface area contributed by atoms with Crippen LogP contribution in [0.2, 0.25) is 0 Å². The van der Waals surface area contributed by atoms with E-state index in [0.29, 0.717) is 12.8 Å². The average molecular weight is 257 g/mol. The molecule has 100 valence electrons. The molecule has 1 saturated carbocycles. The number of aliphatic hydroxyl groups excluding tert-OH is 1. The van der Waals surface area contributed by atoms with Crippen molar-refractivity contribution >= 4 is 0 Å². The lowest BCUT2D eigenvalue weighted by Gasteiger charge is -2.31. The van der Waals surface area contributed by atoms with E-state index in [2.05, 4.69) is 4.74 Å². The zero-order valence-electron chi connectivity index (χ0n) is 9.93. The van der Waals surface area contributed by atoms with E-state index < -0.39 is 12.7 Å². The minimum absolute atomic E-state index is 0.169. The first kappa shape index (κ1) is 13.2. The Kier molecular flexibility index (Phi) is 4.14. The van der Waals surface area contributed by atoms with E-state index in [1.165, 1.54) is 6.07 Å². The number of rotatable bonds is 3. The molecule has 0 amide bonds. The highest BCUT2D eigenvalue weighted by atomic mass is 19.3. The smallest absolute Gasteiger partial charge is 0.387 e. The molecule has 3 atom stereocenters. The largest absolute Gasteiger partial charge is 0.435 e. The zero-order chi connectivity index (χ0) is 13.1. The molecule has 5 heteroatoms. The first-order chi connectivity index (χ1) is 8.56. The summed E-state index contributed by atoms with van der Waals surface area (Å²) in [4.78, 5) is 0. The van der Waals surface area contributed by atoms with E-state index in [1.54, 1.807) is 12.1 Å². The van der Waals surface area contributed by atoms with E-state index in [0.717, 1.165) is 12.0 Å². The summed E-state index contributed by atoms with van der Waals surface area (Å²) in [7, 11) is 0. The maximum Gasteiger partial charge on any atom is 0.387 e. The van der Waals surface area contributed by atoms with E-state index >= 15 is 0 Å². The SMILES string of the molecule is N[C@H]1C[C@@H](c2cccc(OC(F)F)c2)CC[C@@H]1O. The number of ether oxygens (including phenoxy) is 1. The fourth-order valence-electron chi connectivity index (χ4n) is 2.44. The molecule has 3 nitrogen and oxygen atoms in total. The van der Waals surface area contributed by atoms with Crippen LogP contribution in [0, 0.1) is 0 Å². The molecule has 1 aromatic carbocycles. The van der Waals surface area contributed by atoms with Crippen molar-refractivity contribution in [1.29, 1.82) is 0 Å². The Hall–Kier alpha value is -1.20.